The summed E-state index contributed by atoms with van der Waals surface area (Å²) in [5.74, 6) is -0.0735. The Balaban J connectivity index is 1.59. The van der Waals surface area contributed by atoms with Crippen molar-refractivity contribution in [2.75, 3.05) is 7.05 Å². The van der Waals surface area contributed by atoms with E-state index in [9.17, 15) is 9.59 Å². The van der Waals surface area contributed by atoms with E-state index in [2.05, 4.69) is 10.3 Å². The highest BCUT2D eigenvalue weighted by atomic mass is 32.2. The summed E-state index contributed by atoms with van der Waals surface area (Å²) in [6.07, 6.45) is 5.94. The van der Waals surface area contributed by atoms with Gasteiger partial charge in [-0.2, -0.15) is 0 Å². The lowest BCUT2D eigenvalue weighted by molar-refractivity contribution is -0.129. The van der Waals surface area contributed by atoms with Crippen LogP contribution in [0.4, 0.5) is 5.69 Å². The highest BCUT2D eigenvalue weighted by molar-refractivity contribution is 8.15. The Hall–Kier alpha value is -1.82. The van der Waals surface area contributed by atoms with Crippen molar-refractivity contribution in [1.82, 2.24) is 10.2 Å². The van der Waals surface area contributed by atoms with Crippen LogP contribution in [0.15, 0.2) is 35.3 Å². The molecule has 2 fully saturated rings. The quantitative estimate of drug-likeness (QED) is 0.912. The molecule has 1 atom stereocenters. The number of hydrogen-bond acceptors (Lipinski definition) is 4. The van der Waals surface area contributed by atoms with Crippen LogP contribution in [0.25, 0.3) is 0 Å². The second-order valence-corrected chi connectivity index (χ2v) is 7.51. The number of nitrogens with one attached hydrogen (secondary N) is 1. The summed E-state index contributed by atoms with van der Waals surface area (Å²) < 4.78 is 0. The number of thioether (sulfide) groups is 1. The minimum Gasteiger partial charge on any atom is -0.353 e. The van der Waals surface area contributed by atoms with E-state index in [0.717, 1.165) is 18.5 Å². The summed E-state index contributed by atoms with van der Waals surface area (Å²) in [5.41, 5.74) is 0.812. The summed E-state index contributed by atoms with van der Waals surface area (Å²) in [6.45, 7) is 0. The predicted octanol–water partition coefficient (Wildman–Crippen LogP) is 3.09. The molecule has 1 heterocycles. The van der Waals surface area contributed by atoms with Gasteiger partial charge in [0.1, 0.15) is 5.25 Å². The molecule has 0 unspecified atom stereocenters. The van der Waals surface area contributed by atoms with Crippen molar-refractivity contribution >= 4 is 34.4 Å². The van der Waals surface area contributed by atoms with Crippen LogP contribution >= 0.6 is 11.8 Å². The number of carbonyl (C=O) groups is 2. The molecular weight excluding hydrogens is 322 g/mol. The van der Waals surface area contributed by atoms with Crippen molar-refractivity contribution in [3.63, 3.8) is 0 Å². The Bertz CT molecular complexity index is 626. The van der Waals surface area contributed by atoms with Gasteiger partial charge >= 0.3 is 0 Å². The Kier molecular flexibility index (Phi) is 5.56. The number of para-hydroxylation sites is 1. The number of nitrogens with zero attached hydrogens (tertiary/aromatic N) is 2. The summed E-state index contributed by atoms with van der Waals surface area (Å²) in [7, 11) is 1.72. The molecule has 3 rings (SSSR count). The van der Waals surface area contributed by atoms with E-state index in [1.807, 2.05) is 30.3 Å². The zero-order valence-corrected chi connectivity index (χ0v) is 14.7. The van der Waals surface area contributed by atoms with E-state index in [1.54, 1.807) is 11.9 Å². The highest BCUT2D eigenvalue weighted by Gasteiger charge is 2.37. The molecule has 128 valence electrons. The van der Waals surface area contributed by atoms with E-state index in [4.69, 9.17) is 0 Å². The van der Waals surface area contributed by atoms with Crippen LogP contribution < -0.4 is 5.32 Å². The number of benzene rings is 1. The lowest BCUT2D eigenvalue weighted by atomic mass is 9.95. The third kappa shape index (κ3) is 4.17. The van der Waals surface area contributed by atoms with Crippen molar-refractivity contribution in [3.8, 4) is 0 Å². The van der Waals surface area contributed by atoms with Crippen molar-refractivity contribution in [3.05, 3.63) is 30.3 Å². The third-order valence-corrected chi connectivity index (χ3v) is 5.69. The van der Waals surface area contributed by atoms with E-state index in [0.29, 0.717) is 5.17 Å². The zero-order valence-electron chi connectivity index (χ0n) is 13.9. The van der Waals surface area contributed by atoms with Crippen LogP contribution in [-0.2, 0) is 9.59 Å². The topological polar surface area (TPSA) is 61.8 Å². The van der Waals surface area contributed by atoms with Crippen LogP contribution in [0.5, 0.6) is 0 Å². The van der Waals surface area contributed by atoms with Gasteiger partial charge in [-0.1, -0.05) is 49.2 Å². The third-order valence-electron chi connectivity index (χ3n) is 4.46. The molecule has 1 aromatic carbocycles. The van der Waals surface area contributed by atoms with Gasteiger partial charge in [0, 0.05) is 19.5 Å². The number of hydrogen-bond donors (Lipinski definition) is 1. The van der Waals surface area contributed by atoms with Gasteiger partial charge < -0.3 is 5.32 Å². The van der Waals surface area contributed by atoms with Gasteiger partial charge in [-0.25, -0.2) is 4.99 Å². The van der Waals surface area contributed by atoms with Crippen LogP contribution in [-0.4, -0.2) is 40.2 Å². The van der Waals surface area contributed by atoms with E-state index in [1.165, 1.54) is 31.0 Å². The molecule has 0 bridgehead atoms. The van der Waals surface area contributed by atoms with Crippen LogP contribution in [0.3, 0.4) is 0 Å². The van der Waals surface area contributed by atoms with E-state index < -0.39 is 0 Å². The molecular formula is C18H23N3O2S. The monoisotopic (exact) mass is 345 g/mol. The van der Waals surface area contributed by atoms with Gasteiger partial charge in [0.05, 0.1) is 5.69 Å². The largest absolute Gasteiger partial charge is 0.353 e. The molecule has 1 N–H and O–H groups in total. The van der Waals surface area contributed by atoms with Crippen LogP contribution in [0, 0.1) is 0 Å². The Labute approximate surface area is 146 Å². The molecule has 24 heavy (non-hydrogen) atoms. The van der Waals surface area contributed by atoms with Crippen molar-refractivity contribution in [1.29, 1.82) is 0 Å². The molecule has 1 aliphatic heterocycles. The lowest BCUT2D eigenvalue weighted by Gasteiger charge is -2.23. The second kappa shape index (κ2) is 7.83. The van der Waals surface area contributed by atoms with Crippen molar-refractivity contribution in [2.24, 2.45) is 4.99 Å². The minimum atomic E-state index is -0.374. The van der Waals surface area contributed by atoms with Crippen LogP contribution in [0.1, 0.15) is 38.5 Å². The smallest absolute Gasteiger partial charge is 0.242 e. The summed E-state index contributed by atoms with van der Waals surface area (Å²) in [6, 6.07) is 9.83. The molecule has 0 aromatic heterocycles. The Morgan fingerprint density at radius 2 is 1.96 bits per heavy atom. The summed E-state index contributed by atoms with van der Waals surface area (Å²) in [4.78, 5) is 30.7. The zero-order chi connectivity index (χ0) is 16.9. The SMILES string of the molecule is CN1C(=O)[C@@H](CC(=O)NC2CCCCC2)SC1=Nc1ccccc1. The molecule has 1 aliphatic carbocycles. The normalized spacial score (nSPS) is 23.7. The van der Waals surface area contributed by atoms with Gasteiger partial charge in [0.15, 0.2) is 5.17 Å². The number of aliphatic imine (C=N–C) groups is 1. The first-order chi connectivity index (χ1) is 11.6. The molecule has 0 spiro atoms. The summed E-state index contributed by atoms with van der Waals surface area (Å²) in [5, 5.41) is 3.36. The predicted molar refractivity (Wildman–Crippen MR) is 97.3 cm³/mol. The number of rotatable bonds is 4. The lowest BCUT2D eigenvalue weighted by Crippen LogP contribution is -2.38. The van der Waals surface area contributed by atoms with Gasteiger partial charge in [0.25, 0.3) is 0 Å². The van der Waals surface area contributed by atoms with Gasteiger partial charge in [0.2, 0.25) is 11.8 Å². The molecule has 2 amide bonds. The van der Waals surface area contributed by atoms with E-state index >= 15 is 0 Å². The Morgan fingerprint density at radius 1 is 1.25 bits per heavy atom. The maximum Gasteiger partial charge on any atom is 0.242 e. The molecule has 1 saturated carbocycles. The maximum atomic E-state index is 12.4. The molecule has 1 aromatic rings. The molecule has 1 saturated heterocycles. The average Bonchev–Trinajstić information content (AvgIpc) is 2.85. The first-order valence-corrected chi connectivity index (χ1v) is 9.39. The molecule has 6 heteroatoms. The fraction of sp³-hybridized carbons (Fsp3) is 0.500. The van der Waals surface area contributed by atoms with E-state index in [-0.39, 0.29) is 29.5 Å². The fourth-order valence-corrected chi connectivity index (χ4v) is 4.27. The number of carbonyl (C=O) groups excluding carboxylic acids is 2. The molecule has 0 radical (unpaired) electrons. The van der Waals surface area contributed by atoms with Gasteiger partial charge in [-0.3, -0.25) is 14.5 Å². The molecule has 5 nitrogen and oxygen atoms in total. The fourth-order valence-electron chi connectivity index (χ4n) is 3.11. The number of amidine groups is 1. The van der Waals surface area contributed by atoms with Gasteiger partial charge in [-0.15, -0.1) is 0 Å². The summed E-state index contributed by atoms with van der Waals surface area (Å²) >= 11 is 1.38. The average molecular weight is 345 g/mol. The van der Waals surface area contributed by atoms with Crippen molar-refractivity contribution in [2.45, 2.75) is 49.8 Å². The van der Waals surface area contributed by atoms with Crippen LogP contribution in [0.2, 0.25) is 0 Å². The van der Waals surface area contributed by atoms with Crippen molar-refractivity contribution < 1.29 is 9.59 Å². The minimum absolute atomic E-state index is 0.0258. The second-order valence-electron chi connectivity index (χ2n) is 6.34. The maximum absolute atomic E-state index is 12.4. The highest BCUT2D eigenvalue weighted by Crippen LogP contribution is 2.30. The Morgan fingerprint density at radius 3 is 2.67 bits per heavy atom. The standard InChI is InChI=1S/C18H23N3O2S/c1-21-17(23)15(12-16(22)19-13-8-4-2-5-9-13)24-18(21)20-14-10-6-3-7-11-14/h3,6-7,10-11,13,15H,2,4-5,8-9,12H2,1H3,(H,19,22)/t15-/m1/s1. The molecule has 2 aliphatic rings. The first kappa shape index (κ1) is 17.0. The van der Waals surface area contributed by atoms with Gasteiger partial charge in [-0.05, 0) is 25.0 Å². The number of amides is 2. The first-order valence-electron chi connectivity index (χ1n) is 8.51.